The summed E-state index contributed by atoms with van der Waals surface area (Å²) in [6.45, 7) is 5.09. The highest BCUT2D eigenvalue weighted by Gasteiger charge is 2.37. The minimum atomic E-state index is -3.84. The van der Waals surface area contributed by atoms with E-state index in [0.717, 1.165) is 5.56 Å². The van der Waals surface area contributed by atoms with Gasteiger partial charge in [0.25, 0.3) is 5.91 Å². The van der Waals surface area contributed by atoms with Gasteiger partial charge in [0.15, 0.2) is 9.84 Å². The third kappa shape index (κ3) is 12.7. The fourth-order valence-electron chi connectivity index (χ4n) is 5.16. The molecule has 0 saturated carbocycles. The number of amides is 3. The largest absolute Gasteiger partial charge is 0.388 e. The first-order valence-corrected chi connectivity index (χ1v) is 18.4. The standard InChI is InChI=1S/C32H48N4O7S2/c1-5-11-25(12-6-2)45(42,43)21-28(36-31(40)24-15-10-17-33-20-24)32(41)35-27(19-23-13-8-7-9-14-23)30(39)29(38)26(16-18-44-4)34-22(3)37/h7-10,13-15,17,20,25-30,38-39H,5-6,11-12,16,18-19,21H2,1-4H3,(H,34,37)(H,35,41)(H,36,40)/t26?,27-,28?,29+,30+/m0/s1. The van der Waals surface area contributed by atoms with E-state index in [1.807, 2.05) is 26.2 Å². The maximum absolute atomic E-state index is 13.9. The maximum atomic E-state index is 13.9. The van der Waals surface area contributed by atoms with Gasteiger partial charge in [-0.2, -0.15) is 11.8 Å². The molecule has 3 amide bonds. The van der Waals surface area contributed by atoms with Crippen LogP contribution in [0.1, 0.15) is 68.8 Å². The van der Waals surface area contributed by atoms with Crippen LogP contribution in [0.2, 0.25) is 0 Å². The van der Waals surface area contributed by atoms with Gasteiger partial charge in [-0.25, -0.2) is 8.42 Å². The average molecular weight is 665 g/mol. The van der Waals surface area contributed by atoms with Crippen molar-refractivity contribution in [1.82, 2.24) is 20.9 Å². The second-order valence-electron chi connectivity index (χ2n) is 11.2. The number of aliphatic hydroxyl groups excluding tert-OH is 2. The number of nitrogens with one attached hydrogen (secondary N) is 3. The van der Waals surface area contributed by atoms with Crippen LogP contribution in [-0.2, 0) is 25.8 Å². The molecule has 2 aromatic rings. The molecule has 1 aromatic heterocycles. The molecule has 13 heteroatoms. The van der Waals surface area contributed by atoms with Crippen LogP contribution >= 0.6 is 11.8 Å². The lowest BCUT2D eigenvalue weighted by Gasteiger charge is -2.33. The molecule has 2 rings (SSSR count). The van der Waals surface area contributed by atoms with E-state index in [1.165, 1.54) is 37.1 Å². The number of carbonyl (C=O) groups is 3. The van der Waals surface area contributed by atoms with Gasteiger partial charge in [-0.3, -0.25) is 19.4 Å². The van der Waals surface area contributed by atoms with E-state index in [2.05, 4.69) is 20.9 Å². The van der Waals surface area contributed by atoms with Gasteiger partial charge in [0, 0.05) is 19.3 Å². The van der Waals surface area contributed by atoms with Crippen LogP contribution in [0.4, 0.5) is 0 Å². The predicted molar refractivity (Wildman–Crippen MR) is 178 cm³/mol. The van der Waals surface area contributed by atoms with Crippen molar-refractivity contribution in [3.63, 3.8) is 0 Å². The summed E-state index contributed by atoms with van der Waals surface area (Å²) in [7, 11) is -3.84. The number of pyridine rings is 1. The zero-order valence-corrected chi connectivity index (χ0v) is 28.1. The van der Waals surface area contributed by atoms with E-state index < -0.39 is 63.0 Å². The fourth-order valence-corrected chi connectivity index (χ4v) is 7.81. The predicted octanol–water partition coefficient (Wildman–Crippen LogP) is 2.27. The van der Waals surface area contributed by atoms with E-state index >= 15 is 0 Å². The van der Waals surface area contributed by atoms with Crippen molar-refractivity contribution in [3.8, 4) is 0 Å². The Labute approximate surface area is 271 Å². The number of hydrogen-bond acceptors (Lipinski definition) is 9. The Balaban J connectivity index is 2.45. The van der Waals surface area contributed by atoms with Crippen molar-refractivity contribution in [2.24, 2.45) is 0 Å². The van der Waals surface area contributed by atoms with Crippen LogP contribution in [0.25, 0.3) is 0 Å². The molecular formula is C32H48N4O7S2. The van der Waals surface area contributed by atoms with Crippen molar-refractivity contribution in [1.29, 1.82) is 0 Å². The monoisotopic (exact) mass is 664 g/mol. The molecule has 0 saturated heterocycles. The molecule has 5 N–H and O–H groups in total. The number of aliphatic hydroxyl groups is 2. The van der Waals surface area contributed by atoms with Crippen LogP contribution in [0.3, 0.4) is 0 Å². The molecular weight excluding hydrogens is 617 g/mol. The summed E-state index contributed by atoms with van der Waals surface area (Å²) in [5.74, 6) is -1.93. The van der Waals surface area contributed by atoms with Crippen molar-refractivity contribution in [2.45, 2.75) is 94.9 Å². The molecule has 2 unspecified atom stereocenters. The Morgan fingerprint density at radius 3 is 2.09 bits per heavy atom. The average Bonchev–Trinajstić information content (AvgIpc) is 3.02. The molecule has 1 heterocycles. The quantitative estimate of drug-likeness (QED) is 0.142. The number of hydrogen-bond donors (Lipinski definition) is 5. The third-order valence-electron chi connectivity index (χ3n) is 7.50. The molecule has 0 aliphatic carbocycles. The summed E-state index contributed by atoms with van der Waals surface area (Å²) >= 11 is 1.51. The highest BCUT2D eigenvalue weighted by Crippen LogP contribution is 2.19. The number of thioether (sulfide) groups is 1. The summed E-state index contributed by atoms with van der Waals surface area (Å²) in [4.78, 5) is 42.8. The molecule has 11 nitrogen and oxygen atoms in total. The molecule has 0 aliphatic rings. The Morgan fingerprint density at radius 1 is 0.889 bits per heavy atom. The van der Waals surface area contributed by atoms with E-state index in [0.29, 0.717) is 37.9 Å². The van der Waals surface area contributed by atoms with Gasteiger partial charge in [-0.15, -0.1) is 0 Å². The molecule has 0 fully saturated rings. The topological polar surface area (TPSA) is 175 Å². The zero-order valence-electron chi connectivity index (χ0n) is 26.5. The number of rotatable bonds is 20. The molecule has 45 heavy (non-hydrogen) atoms. The zero-order chi connectivity index (χ0) is 33.4. The summed E-state index contributed by atoms with van der Waals surface area (Å²) in [6.07, 6.45) is 4.24. The Bertz CT molecular complexity index is 1290. The third-order valence-corrected chi connectivity index (χ3v) is 10.4. The van der Waals surface area contributed by atoms with Crippen molar-refractivity contribution in [3.05, 3.63) is 66.0 Å². The first kappa shape index (κ1) is 38.2. The maximum Gasteiger partial charge on any atom is 0.253 e. The number of sulfone groups is 1. The minimum Gasteiger partial charge on any atom is -0.388 e. The Morgan fingerprint density at radius 2 is 1.53 bits per heavy atom. The van der Waals surface area contributed by atoms with Crippen LogP contribution in [0, 0.1) is 0 Å². The van der Waals surface area contributed by atoms with Crippen LogP contribution in [-0.4, -0.2) is 94.7 Å². The molecule has 0 aliphatic heterocycles. The van der Waals surface area contributed by atoms with E-state index in [-0.39, 0.29) is 17.9 Å². The van der Waals surface area contributed by atoms with Gasteiger partial charge in [0.05, 0.1) is 28.6 Å². The molecule has 0 radical (unpaired) electrons. The van der Waals surface area contributed by atoms with Gasteiger partial charge < -0.3 is 26.2 Å². The summed E-state index contributed by atoms with van der Waals surface area (Å²) < 4.78 is 27.2. The smallest absolute Gasteiger partial charge is 0.253 e. The SMILES string of the molecule is CCCC(CCC)S(=O)(=O)CC(NC(=O)c1cccnc1)C(=O)N[C@@H](Cc1ccccc1)[C@@H](O)[C@H](O)C(CCSC)NC(C)=O. The second kappa shape index (κ2) is 19.5. The van der Waals surface area contributed by atoms with Crippen molar-refractivity contribution < 1.29 is 33.0 Å². The van der Waals surface area contributed by atoms with Crippen molar-refractivity contribution in [2.75, 3.05) is 17.8 Å². The van der Waals surface area contributed by atoms with Gasteiger partial charge in [-0.1, -0.05) is 57.0 Å². The van der Waals surface area contributed by atoms with Gasteiger partial charge in [0.1, 0.15) is 18.2 Å². The molecule has 0 spiro atoms. The number of nitrogens with zero attached hydrogens (tertiary/aromatic N) is 1. The first-order valence-electron chi connectivity index (χ1n) is 15.3. The van der Waals surface area contributed by atoms with E-state index in [9.17, 15) is 33.0 Å². The molecule has 1 aromatic carbocycles. The second-order valence-corrected chi connectivity index (χ2v) is 14.5. The Kier molecular flexibility index (Phi) is 16.5. The molecule has 5 atom stereocenters. The number of benzene rings is 1. The van der Waals surface area contributed by atoms with Crippen LogP contribution in [0.5, 0.6) is 0 Å². The van der Waals surface area contributed by atoms with Crippen LogP contribution in [0.15, 0.2) is 54.9 Å². The van der Waals surface area contributed by atoms with Gasteiger partial charge in [0.2, 0.25) is 11.8 Å². The number of aromatic nitrogens is 1. The molecule has 0 bridgehead atoms. The lowest BCUT2D eigenvalue weighted by atomic mass is 9.92. The van der Waals surface area contributed by atoms with E-state index in [4.69, 9.17) is 0 Å². The van der Waals surface area contributed by atoms with E-state index in [1.54, 1.807) is 30.3 Å². The molecule has 250 valence electrons. The lowest BCUT2D eigenvalue weighted by Crippen LogP contribution is -2.60. The number of carbonyl (C=O) groups excluding carboxylic acids is 3. The first-order chi connectivity index (χ1) is 21.4. The normalized spacial score (nSPS) is 15.0. The van der Waals surface area contributed by atoms with Crippen LogP contribution < -0.4 is 16.0 Å². The highest BCUT2D eigenvalue weighted by molar-refractivity contribution is 7.98. The van der Waals surface area contributed by atoms with Gasteiger partial charge >= 0.3 is 0 Å². The summed E-state index contributed by atoms with van der Waals surface area (Å²) in [5.41, 5.74) is 0.887. The lowest BCUT2D eigenvalue weighted by molar-refractivity contribution is -0.126. The highest BCUT2D eigenvalue weighted by atomic mass is 32.2. The summed E-state index contributed by atoms with van der Waals surface area (Å²) in [6, 6.07) is 8.65. The Hall–Kier alpha value is -3.00. The summed E-state index contributed by atoms with van der Waals surface area (Å²) in [5, 5.41) is 30.0. The van der Waals surface area contributed by atoms with Crippen molar-refractivity contribution >= 4 is 39.3 Å². The van der Waals surface area contributed by atoms with Gasteiger partial charge in [-0.05, 0) is 55.4 Å². The fraction of sp³-hybridized carbons (Fsp3) is 0.562. The minimum absolute atomic E-state index is 0.0877.